The van der Waals surface area contributed by atoms with Crippen molar-refractivity contribution in [1.82, 2.24) is 5.32 Å². The second-order valence-electron chi connectivity index (χ2n) is 5.42. The first kappa shape index (κ1) is 14.6. The van der Waals surface area contributed by atoms with Crippen molar-refractivity contribution >= 4 is 21.8 Å². The molecule has 0 atom stereocenters. The van der Waals surface area contributed by atoms with Gasteiger partial charge in [0.1, 0.15) is 0 Å². The first-order chi connectivity index (χ1) is 9.24. The number of nitrogens with one attached hydrogen (secondary N) is 1. The van der Waals surface area contributed by atoms with Crippen LogP contribution in [0.5, 0.6) is 0 Å². The Labute approximate surface area is 124 Å². The summed E-state index contributed by atoms with van der Waals surface area (Å²) < 4.78 is 1.03. The van der Waals surface area contributed by atoms with E-state index in [2.05, 4.69) is 21.2 Å². The summed E-state index contributed by atoms with van der Waals surface area (Å²) in [6.45, 7) is 0. The first-order valence-electron chi connectivity index (χ1n) is 7.28. The van der Waals surface area contributed by atoms with Gasteiger partial charge in [-0.05, 0) is 30.5 Å². The molecule has 2 rings (SSSR count). The average molecular weight is 324 g/mol. The van der Waals surface area contributed by atoms with Gasteiger partial charge < -0.3 is 5.32 Å². The number of amides is 1. The second kappa shape index (κ2) is 7.68. The van der Waals surface area contributed by atoms with E-state index >= 15 is 0 Å². The Morgan fingerprint density at radius 1 is 1.16 bits per heavy atom. The van der Waals surface area contributed by atoms with Crippen LogP contribution in [-0.2, 0) is 11.2 Å². The Morgan fingerprint density at radius 2 is 1.84 bits per heavy atom. The minimum absolute atomic E-state index is 0.156. The number of carbonyl (C=O) groups is 1. The van der Waals surface area contributed by atoms with Gasteiger partial charge in [0.25, 0.3) is 0 Å². The third-order valence-electron chi connectivity index (χ3n) is 3.72. The molecule has 1 amide bonds. The normalized spacial score (nSPS) is 17.5. The van der Waals surface area contributed by atoms with E-state index < -0.39 is 0 Å². The molecule has 0 unspecified atom stereocenters. The number of rotatable bonds is 3. The van der Waals surface area contributed by atoms with Crippen molar-refractivity contribution in [3.8, 4) is 0 Å². The summed E-state index contributed by atoms with van der Waals surface area (Å²) >= 11 is 3.44. The Bertz CT molecular complexity index is 411. The number of benzene rings is 1. The molecule has 0 spiro atoms. The van der Waals surface area contributed by atoms with Crippen LogP contribution in [0.2, 0.25) is 0 Å². The molecule has 104 valence electrons. The predicted molar refractivity (Wildman–Crippen MR) is 82.1 cm³/mol. The zero-order valence-corrected chi connectivity index (χ0v) is 12.9. The van der Waals surface area contributed by atoms with Crippen molar-refractivity contribution in [3.05, 3.63) is 34.3 Å². The molecule has 0 saturated heterocycles. The molecule has 2 nitrogen and oxygen atoms in total. The van der Waals surface area contributed by atoms with Crippen molar-refractivity contribution in [3.63, 3.8) is 0 Å². The van der Waals surface area contributed by atoms with E-state index in [0.717, 1.165) is 22.9 Å². The summed E-state index contributed by atoms with van der Waals surface area (Å²) in [7, 11) is 0. The van der Waals surface area contributed by atoms with E-state index in [1.807, 2.05) is 24.3 Å². The van der Waals surface area contributed by atoms with Gasteiger partial charge in [-0.2, -0.15) is 0 Å². The SMILES string of the molecule is O=C(Cc1cccc(Br)c1)NC1CCCCCCC1. The lowest BCUT2D eigenvalue weighted by atomic mass is 9.96. The van der Waals surface area contributed by atoms with Crippen LogP contribution in [0.3, 0.4) is 0 Å². The molecule has 1 aromatic carbocycles. The Balaban J connectivity index is 1.82. The fourth-order valence-corrected chi connectivity index (χ4v) is 3.16. The van der Waals surface area contributed by atoms with E-state index in [0.29, 0.717) is 12.5 Å². The summed E-state index contributed by atoms with van der Waals surface area (Å²) in [4.78, 5) is 12.1. The Kier molecular flexibility index (Phi) is 5.90. The van der Waals surface area contributed by atoms with Crippen LogP contribution >= 0.6 is 15.9 Å². The highest BCUT2D eigenvalue weighted by Crippen LogP contribution is 2.17. The van der Waals surface area contributed by atoms with Crippen molar-refractivity contribution in [2.75, 3.05) is 0 Å². The lowest BCUT2D eigenvalue weighted by molar-refractivity contribution is -0.121. The molecule has 1 aliphatic rings. The lowest BCUT2D eigenvalue weighted by Crippen LogP contribution is -2.36. The molecule has 3 heteroatoms. The van der Waals surface area contributed by atoms with Crippen LogP contribution in [0, 0.1) is 0 Å². The highest BCUT2D eigenvalue weighted by atomic mass is 79.9. The van der Waals surface area contributed by atoms with Gasteiger partial charge in [0, 0.05) is 10.5 Å². The van der Waals surface area contributed by atoms with Gasteiger partial charge in [-0.15, -0.1) is 0 Å². The van der Waals surface area contributed by atoms with E-state index in [1.54, 1.807) is 0 Å². The quantitative estimate of drug-likeness (QED) is 0.886. The summed E-state index contributed by atoms with van der Waals surface area (Å²) in [5.74, 6) is 0.156. The fraction of sp³-hybridized carbons (Fsp3) is 0.562. The summed E-state index contributed by atoms with van der Waals surface area (Å²) in [5, 5.41) is 3.20. The maximum Gasteiger partial charge on any atom is 0.224 e. The fourth-order valence-electron chi connectivity index (χ4n) is 2.71. The van der Waals surface area contributed by atoms with Gasteiger partial charge in [0.15, 0.2) is 0 Å². The highest BCUT2D eigenvalue weighted by Gasteiger charge is 2.14. The Morgan fingerprint density at radius 3 is 2.53 bits per heavy atom. The largest absolute Gasteiger partial charge is 0.353 e. The third kappa shape index (κ3) is 5.35. The number of hydrogen-bond acceptors (Lipinski definition) is 1. The van der Waals surface area contributed by atoms with Gasteiger partial charge in [0.05, 0.1) is 6.42 Å². The number of hydrogen-bond donors (Lipinski definition) is 1. The zero-order valence-electron chi connectivity index (χ0n) is 11.3. The van der Waals surface area contributed by atoms with Gasteiger partial charge in [0.2, 0.25) is 5.91 Å². The lowest BCUT2D eigenvalue weighted by Gasteiger charge is -2.21. The summed E-state index contributed by atoms with van der Waals surface area (Å²) in [5.41, 5.74) is 1.07. The highest BCUT2D eigenvalue weighted by molar-refractivity contribution is 9.10. The predicted octanol–water partition coefficient (Wildman–Crippen LogP) is 4.22. The van der Waals surface area contributed by atoms with E-state index in [-0.39, 0.29) is 5.91 Å². The third-order valence-corrected chi connectivity index (χ3v) is 4.22. The van der Waals surface area contributed by atoms with Gasteiger partial charge >= 0.3 is 0 Å². The van der Waals surface area contributed by atoms with Crippen LogP contribution < -0.4 is 5.32 Å². The zero-order chi connectivity index (χ0) is 13.5. The minimum Gasteiger partial charge on any atom is -0.353 e. The van der Waals surface area contributed by atoms with Gasteiger partial charge in [-0.1, -0.05) is 60.2 Å². The molecule has 1 aromatic rings. The van der Waals surface area contributed by atoms with Crippen LogP contribution in [0.15, 0.2) is 28.7 Å². The molecule has 0 radical (unpaired) electrons. The summed E-state index contributed by atoms with van der Waals surface area (Å²) in [6.07, 6.45) is 9.27. The van der Waals surface area contributed by atoms with Crippen molar-refractivity contribution in [2.45, 2.75) is 57.4 Å². The van der Waals surface area contributed by atoms with Crippen LogP contribution in [0.25, 0.3) is 0 Å². The monoisotopic (exact) mass is 323 g/mol. The van der Waals surface area contributed by atoms with Gasteiger partial charge in [-0.3, -0.25) is 4.79 Å². The molecular formula is C16H22BrNO. The maximum atomic E-state index is 12.1. The molecule has 0 aromatic heterocycles. The van der Waals surface area contributed by atoms with E-state index in [9.17, 15) is 4.79 Å². The van der Waals surface area contributed by atoms with E-state index in [4.69, 9.17) is 0 Å². The number of halogens is 1. The molecule has 1 fully saturated rings. The summed E-state index contributed by atoms with van der Waals surface area (Å²) in [6, 6.07) is 8.36. The number of carbonyl (C=O) groups excluding carboxylic acids is 1. The maximum absolute atomic E-state index is 12.1. The molecule has 19 heavy (non-hydrogen) atoms. The average Bonchev–Trinajstić information content (AvgIpc) is 2.32. The molecule has 1 aliphatic carbocycles. The molecular weight excluding hydrogens is 302 g/mol. The van der Waals surface area contributed by atoms with Crippen molar-refractivity contribution < 1.29 is 4.79 Å². The van der Waals surface area contributed by atoms with E-state index in [1.165, 1.54) is 32.1 Å². The van der Waals surface area contributed by atoms with Crippen LogP contribution in [0.1, 0.15) is 50.5 Å². The minimum atomic E-state index is 0.156. The van der Waals surface area contributed by atoms with Crippen molar-refractivity contribution in [2.24, 2.45) is 0 Å². The molecule has 1 saturated carbocycles. The molecule has 1 N–H and O–H groups in total. The van der Waals surface area contributed by atoms with Gasteiger partial charge in [-0.25, -0.2) is 0 Å². The van der Waals surface area contributed by atoms with Crippen LogP contribution in [0.4, 0.5) is 0 Å². The molecule has 0 bridgehead atoms. The second-order valence-corrected chi connectivity index (χ2v) is 6.33. The Hall–Kier alpha value is -0.830. The van der Waals surface area contributed by atoms with Crippen molar-refractivity contribution in [1.29, 1.82) is 0 Å². The topological polar surface area (TPSA) is 29.1 Å². The van der Waals surface area contributed by atoms with Crippen LogP contribution in [-0.4, -0.2) is 11.9 Å². The smallest absolute Gasteiger partial charge is 0.224 e. The molecule has 0 heterocycles. The standard InChI is InChI=1S/C16H22BrNO/c17-14-8-6-7-13(11-14)12-16(19)18-15-9-4-2-1-3-5-10-15/h6-8,11,15H,1-5,9-10,12H2,(H,18,19). The first-order valence-corrected chi connectivity index (χ1v) is 8.07. The molecule has 0 aliphatic heterocycles.